The summed E-state index contributed by atoms with van der Waals surface area (Å²) in [6.07, 6.45) is 5.03. The van der Waals surface area contributed by atoms with Crippen molar-refractivity contribution in [1.82, 2.24) is 4.90 Å². The molecule has 3 nitrogen and oxygen atoms in total. The monoisotopic (exact) mass is 220 g/mol. The van der Waals surface area contributed by atoms with Gasteiger partial charge in [0.2, 0.25) is 5.91 Å². The number of nitriles is 1. The minimum atomic E-state index is -0.828. The molecule has 0 aromatic carbocycles. The number of hydrogen-bond donors (Lipinski definition) is 0. The molecule has 88 valence electrons. The van der Waals surface area contributed by atoms with E-state index in [-0.39, 0.29) is 5.91 Å². The summed E-state index contributed by atoms with van der Waals surface area (Å²) in [4.78, 5) is 14.2. The van der Waals surface area contributed by atoms with Crippen molar-refractivity contribution in [1.29, 1.82) is 5.26 Å². The zero-order valence-corrected chi connectivity index (χ0v) is 10.2. The highest BCUT2D eigenvalue weighted by molar-refractivity contribution is 5.86. The van der Waals surface area contributed by atoms with Crippen molar-refractivity contribution in [2.75, 3.05) is 6.54 Å². The van der Waals surface area contributed by atoms with Crippen molar-refractivity contribution >= 4 is 5.91 Å². The Balaban J connectivity index is 2.87. The maximum atomic E-state index is 12.4. The van der Waals surface area contributed by atoms with Crippen LogP contribution in [-0.2, 0) is 4.79 Å². The third-order valence-corrected chi connectivity index (χ3v) is 3.40. The largest absolute Gasteiger partial charge is 0.335 e. The fourth-order valence-electron chi connectivity index (χ4n) is 1.96. The van der Waals surface area contributed by atoms with Crippen molar-refractivity contribution in [3.05, 3.63) is 12.7 Å². The van der Waals surface area contributed by atoms with Crippen molar-refractivity contribution in [3.63, 3.8) is 0 Å². The minimum absolute atomic E-state index is 0.0117. The Morgan fingerprint density at radius 1 is 1.56 bits per heavy atom. The molecule has 1 fully saturated rings. The van der Waals surface area contributed by atoms with Gasteiger partial charge in [-0.1, -0.05) is 19.9 Å². The molecule has 0 atom stereocenters. The lowest BCUT2D eigenvalue weighted by Crippen LogP contribution is -2.44. The van der Waals surface area contributed by atoms with Gasteiger partial charge in [-0.15, -0.1) is 6.58 Å². The summed E-state index contributed by atoms with van der Waals surface area (Å²) in [7, 11) is 0. The van der Waals surface area contributed by atoms with Gasteiger partial charge < -0.3 is 4.90 Å². The van der Waals surface area contributed by atoms with Gasteiger partial charge in [0.15, 0.2) is 0 Å². The number of carbonyl (C=O) groups excluding carboxylic acids is 1. The van der Waals surface area contributed by atoms with E-state index in [1.165, 1.54) is 0 Å². The van der Waals surface area contributed by atoms with Crippen LogP contribution in [0.25, 0.3) is 0 Å². The summed E-state index contributed by atoms with van der Waals surface area (Å²) in [6.45, 7) is 8.05. The molecule has 0 N–H and O–H groups in total. The van der Waals surface area contributed by atoms with Gasteiger partial charge in [-0.25, -0.2) is 0 Å². The van der Waals surface area contributed by atoms with Crippen LogP contribution < -0.4 is 0 Å². The molecule has 1 aliphatic carbocycles. The molecular weight excluding hydrogens is 200 g/mol. The molecule has 0 aromatic heterocycles. The summed E-state index contributed by atoms with van der Waals surface area (Å²) >= 11 is 0. The summed E-state index contributed by atoms with van der Waals surface area (Å²) in [5.41, 5.74) is -0.828. The number of carbonyl (C=O) groups is 1. The van der Waals surface area contributed by atoms with Gasteiger partial charge in [0.25, 0.3) is 0 Å². The SMILES string of the molecule is C=CCN(C(=O)C(C#N)(CC)CC)C1CC1. The Labute approximate surface area is 97.7 Å². The van der Waals surface area contributed by atoms with E-state index in [0.717, 1.165) is 12.8 Å². The van der Waals surface area contributed by atoms with Crippen molar-refractivity contribution in [2.45, 2.75) is 45.6 Å². The lowest BCUT2D eigenvalue weighted by molar-refractivity contribution is -0.139. The third kappa shape index (κ3) is 2.27. The van der Waals surface area contributed by atoms with Crippen LogP contribution in [0.5, 0.6) is 0 Å². The second-order valence-electron chi connectivity index (χ2n) is 4.38. The van der Waals surface area contributed by atoms with Crippen LogP contribution >= 0.6 is 0 Å². The first kappa shape index (κ1) is 12.8. The second-order valence-corrected chi connectivity index (χ2v) is 4.38. The van der Waals surface area contributed by atoms with Gasteiger partial charge in [-0.3, -0.25) is 4.79 Å². The number of rotatable bonds is 6. The highest BCUT2D eigenvalue weighted by Gasteiger charge is 2.42. The van der Waals surface area contributed by atoms with Gasteiger partial charge in [0.05, 0.1) is 6.07 Å². The first-order chi connectivity index (χ1) is 7.65. The van der Waals surface area contributed by atoms with E-state index in [9.17, 15) is 10.1 Å². The van der Waals surface area contributed by atoms with Crippen molar-refractivity contribution < 1.29 is 4.79 Å². The molecule has 0 heterocycles. The van der Waals surface area contributed by atoms with Crippen LogP contribution in [0.15, 0.2) is 12.7 Å². The van der Waals surface area contributed by atoms with E-state index >= 15 is 0 Å². The Bertz CT molecular complexity index is 308. The Kier molecular flexibility index (Phi) is 4.12. The number of amides is 1. The summed E-state index contributed by atoms with van der Waals surface area (Å²) in [6, 6.07) is 2.55. The first-order valence-corrected chi connectivity index (χ1v) is 5.98. The van der Waals surface area contributed by atoms with Crippen LogP contribution in [0, 0.1) is 16.7 Å². The quantitative estimate of drug-likeness (QED) is 0.645. The molecule has 1 aliphatic rings. The molecule has 0 aliphatic heterocycles. The summed E-state index contributed by atoms with van der Waals surface area (Å²) < 4.78 is 0. The molecule has 0 spiro atoms. The van der Waals surface area contributed by atoms with E-state index in [1.807, 2.05) is 18.7 Å². The molecule has 0 radical (unpaired) electrons. The number of nitrogens with zero attached hydrogens (tertiary/aromatic N) is 2. The molecule has 1 saturated carbocycles. The summed E-state index contributed by atoms with van der Waals surface area (Å²) in [5, 5.41) is 9.24. The molecule has 16 heavy (non-hydrogen) atoms. The molecular formula is C13H20N2O. The zero-order chi connectivity index (χ0) is 12.2. The smallest absolute Gasteiger partial charge is 0.243 e. The fraction of sp³-hybridized carbons (Fsp3) is 0.692. The lowest BCUT2D eigenvalue weighted by Gasteiger charge is -2.30. The van der Waals surface area contributed by atoms with E-state index in [4.69, 9.17) is 0 Å². The van der Waals surface area contributed by atoms with Gasteiger partial charge >= 0.3 is 0 Å². The van der Waals surface area contributed by atoms with Crippen LogP contribution in [0.1, 0.15) is 39.5 Å². The lowest BCUT2D eigenvalue weighted by atomic mass is 9.82. The summed E-state index contributed by atoms with van der Waals surface area (Å²) in [5.74, 6) is -0.0117. The van der Waals surface area contributed by atoms with Crippen molar-refractivity contribution in [3.8, 4) is 6.07 Å². The Morgan fingerprint density at radius 3 is 2.44 bits per heavy atom. The molecule has 0 aromatic rings. The molecule has 0 unspecified atom stereocenters. The van der Waals surface area contributed by atoms with Crippen LogP contribution in [0.4, 0.5) is 0 Å². The predicted octanol–water partition coefficient (Wildman–Crippen LogP) is 2.49. The van der Waals surface area contributed by atoms with Crippen LogP contribution in [0.3, 0.4) is 0 Å². The zero-order valence-electron chi connectivity index (χ0n) is 10.2. The van der Waals surface area contributed by atoms with E-state index in [2.05, 4.69) is 12.6 Å². The highest BCUT2D eigenvalue weighted by Crippen LogP contribution is 2.34. The van der Waals surface area contributed by atoms with Gasteiger partial charge in [-0.05, 0) is 25.7 Å². The molecule has 3 heteroatoms. The van der Waals surface area contributed by atoms with E-state index in [1.54, 1.807) is 6.08 Å². The predicted molar refractivity (Wildman–Crippen MR) is 63.6 cm³/mol. The van der Waals surface area contributed by atoms with Crippen LogP contribution in [-0.4, -0.2) is 23.4 Å². The average Bonchev–Trinajstić information content (AvgIpc) is 3.13. The van der Waals surface area contributed by atoms with Gasteiger partial charge in [0, 0.05) is 12.6 Å². The molecule has 1 rings (SSSR count). The fourth-order valence-corrected chi connectivity index (χ4v) is 1.96. The van der Waals surface area contributed by atoms with E-state index < -0.39 is 5.41 Å². The second kappa shape index (κ2) is 5.16. The maximum Gasteiger partial charge on any atom is 0.243 e. The highest BCUT2D eigenvalue weighted by atomic mass is 16.2. The van der Waals surface area contributed by atoms with Crippen LogP contribution in [0.2, 0.25) is 0 Å². The van der Waals surface area contributed by atoms with E-state index in [0.29, 0.717) is 25.4 Å². The molecule has 0 bridgehead atoms. The molecule has 1 amide bonds. The number of hydrogen-bond acceptors (Lipinski definition) is 2. The topological polar surface area (TPSA) is 44.1 Å². The minimum Gasteiger partial charge on any atom is -0.335 e. The standard InChI is InChI=1S/C13H20N2O/c1-4-9-15(11-7-8-11)12(16)13(5-2,6-3)10-14/h4,11H,1,5-9H2,2-3H3. The third-order valence-electron chi connectivity index (χ3n) is 3.40. The average molecular weight is 220 g/mol. The molecule has 0 saturated heterocycles. The van der Waals surface area contributed by atoms with Crippen molar-refractivity contribution in [2.24, 2.45) is 5.41 Å². The first-order valence-electron chi connectivity index (χ1n) is 5.98. The maximum absolute atomic E-state index is 12.4. The Hall–Kier alpha value is -1.30. The van der Waals surface area contributed by atoms with Gasteiger partial charge in [0.1, 0.15) is 5.41 Å². The normalized spacial score (nSPS) is 15.3. The Morgan fingerprint density at radius 2 is 2.12 bits per heavy atom. The van der Waals surface area contributed by atoms with Gasteiger partial charge in [-0.2, -0.15) is 5.26 Å².